The Kier molecular flexibility index (Phi) is 5.31. The molecule has 1 heterocycles. The maximum atomic E-state index is 13.6. The number of methoxy groups -OCH3 is 1. The smallest absolute Gasteiger partial charge is 0.209 e. The van der Waals surface area contributed by atoms with Crippen LogP contribution in [0.25, 0.3) is 0 Å². The summed E-state index contributed by atoms with van der Waals surface area (Å²) < 4.78 is 20.2. The summed E-state index contributed by atoms with van der Waals surface area (Å²) in [6.45, 7) is 1.48. The van der Waals surface area contributed by atoms with Gasteiger partial charge in [-0.25, -0.2) is 9.07 Å². The summed E-state index contributed by atoms with van der Waals surface area (Å²) in [5.74, 6) is 0.485. The highest BCUT2D eigenvalue weighted by atomic mass is 32.2. The van der Waals surface area contributed by atoms with Gasteiger partial charge in [-0.2, -0.15) is 0 Å². The van der Waals surface area contributed by atoms with E-state index in [9.17, 15) is 4.39 Å². The Morgan fingerprint density at radius 2 is 2.30 bits per heavy atom. The summed E-state index contributed by atoms with van der Waals surface area (Å²) in [4.78, 5) is 0. The Morgan fingerprint density at radius 3 is 3.00 bits per heavy atom. The minimum Gasteiger partial charge on any atom is -0.494 e. The van der Waals surface area contributed by atoms with Crippen molar-refractivity contribution in [2.24, 2.45) is 0 Å². The number of ether oxygens (including phenoxy) is 1. The molecule has 0 aliphatic carbocycles. The van der Waals surface area contributed by atoms with Crippen LogP contribution < -0.4 is 10.1 Å². The molecule has 1 aromatic carbocycles. The zero-order valence-electron chi connectivity index (χ0n) is 11.3. The Bertz CT molecular complexity index is 563. The Balaban J connectivity index is 1.98. The lowest BCUT2D eigenvalue weighted by molar-refractivity contribution is 0.386. The molecule has 0 radical (unpaired) electrons. The molecule has 0 saturated heterocycles. The van der Waals surface area contributed by atoms with Crippen molar-refractivity contribution in [3.05, 3.63) is 29.6 Å². The van der Waals surface area contributed by atoms with Crippen LogP contribution in [0.1, 0.15) is 5.56 Å². The van der Waals surface area contributed by atoms with E-state index in [2.05, 4.69) is 20.8 Å². The number of nitrogens with zero attached hydrogens (tertiary/aromatic N) is 4. The van der Waals surface area contributed by atoms with E-state index in [1.54, 1.807) is 10.7 Å². The molecule has 0 unspecified atom stereocenters. The molecule has 0 fully saturated rings. The fourth-order valence-electron chi connectivity index (χ4n) is 1.61. The molecule has 2 rings (SSSR count). The first-order valence-electron chi connectivity index (χ1n) is 6.10. The van der Waals surface area contributed by atoms with E-state index in [0.717, 1.165) is 17.3 Å². The standard InChI is InChI=1S/C12H16FN5OS/c1-14-5-6-18-12(15-16-17-18)20-8-9-3-4-11(19-2)10(13)7-9/h3-4,7,14H,5-6,8H2,1-2H3. The topological polar surface area (TPSA) is 64.9 Å². The van der Waals surface area contributed by atoms with Gasteiger partial charge < -0.3 is 10.1 Å². The third-order valence-electron chi connectivity index (χ3n) is 2.66. The second-order valence-corrected chi connectivity index (χ2v) is 4.99. The first-order chi connectivity index (χ1) is 9.74. The number of likely N-dealkylation sites (N-methyl/N-ethyl adjacent to an activating group) is 1. The monoisotopic (exact) mass is 297 g/mol. The largest absolute Gasteiger partial charge is 0.494 e. The molecule has 20 heavy (non-hydrogen) atoms. The molecule has 0 atom stereocenters. The third-order valence-corrected chi connectivity index (χ3v) is 3.69. The van der Waals surface area contributed by atoms with Gasteiger partial charge in [0, 0.05) is 12.3 Å². The molecule has 6 nitrogen and oxygen atoms in total. The summed E-state index contributed by atoms with van der Waals surface area (Å²) >= 11 is 1.47. The molecular formula is C12H16FN5OS. The number of benzene rings is 1. The van der Waals surface area contributed by atoms with Gasteiger partial charge in [0.25, 0.3) is 0 Å². The zero-order chi connectivity index (χ0) is 14.4. The second kappa shape index (κ2) is 7.20. The number of nitrogens with one attached hydrogen (secondary N) is 1. The molecule has 1 N–H and O–H groups in total. The van der Waals surface area contributed by atoms with Crippen LogP contribution >= 0.6 is 11.8 Å². The molecule has 108 valence electrons. The molecule has 0 aliphatic rings. The van der Waals surface area contributed by atoms with Crippen molar-refractivity contribution in [2.75, 3.05) is 20.7 Å². The summed E-state index contributed by atoms with van der Waals surface area (Å²) in [5.41, 5.74) is 0.858. The lowest BCUT2D eigenvalue weighted by Gasteiger charge is -2.06. The van der Waals surface area contributed by atoms with Crippen LogP contribution in [0.3, 0.4) is 0 Å². The van der Waals surface area contributed by atoms with Crippen LogP contribution in [-0.4, -0.2) is 40.9 Å². The highest BCUT2D eigenvalue weighted by Gasteiger charge is 2.08. The first kappa shape index (κ1) is 14.7. The van der Waals surface area contributed by atoms with Crippen molar-refractivity contribution < 1.29 is 9.13 Å². The lowest BCUT2D eigenvalue weighted by atomic mass is 10.2. The van der Waals surface area contributed by atoms with Crippen molar-refractivity contribution in [3.63, 3.8) is 0 Å². The van der Waals surface area contributed by atoms with E-state index < -0.39 is 0 Å². The number of halogens is 1. The molecular weight excluding hydrogens is 281 g/mol. The molecule has 0 spiro atoms. The van der Waals surface area contributed by atoms with Crippen LogP contribution in [0.2, 0.25) is 0 Å². The molecule has 8 heteroatoms. The highest BCUT2D eigenvalue weighted by molar-refractivity contribution is 7.98. The zero-order valence-corrected chi connectivity index (χ0v) is 12.2. The van der Waals surface area contributed by atoms with Crippen LogP contribution in [0, 0.1) is 5.82 Å². The predicted octanol–water partition coefficient (Wildman–Crippen LogP) is 1.33. The SMILES string of the molecule is CNCCn1nnnc1SCc1ccc(OC)c(F)c1. The van der Waals surface area contributed by atoms with Gasteiger partial charge in [0.1, 0.15) is 0 Å². The predicted molar refractivity (Wildman–Crippen MR) is 74.3 cm³/mol. The van der Waals surface area contributed by atoms with Gasteiger partial charge in [0.05, 0.1) is 13.7 Å². The van der Waals surface area contributed by atoms with Gasteiger partial charge in [0.15, 0.2) is 11.6 Å². The minimum absolute atomic E-state index is 0.248. The van der Waals surface area contributed by atoms with E-state index in [0.29, 0.717) is 12.3 Å². The third kappa shape index (κ3) is 3.67. The quantitative estimate of drug-likeness (QED) is 0.778. The molecule has 0 aliphatic heterocycles. The number of aromatic nitrogens is 4. The van der Waals surface area contributed by atoms with E-state index in [-0.39, 0.29) is 11.6 Å². The number of thioether (sulfide) groups is 1. The second-order valence-electron chi connectivity index (χ2n) is 4.05. The first-order valence-corrected chi connectivity index (χ1v) is 7.09. The van der Waals surface area contributed by atoms with E-state index in [1.807, 2.05) is 13.1 Å². The summed E-state index contributed by atoms with van der Waals surface area (Å²) in [7, 11) is 3.32. The van der Waals surface area contributed by atoms with Gasteiger partial charge in [-0.05, 0) is 35.2 Å². The summed E-state index contributed by atoms with van der Waals surface area (Å²) in [6, 6.07) is 4.92. The van der Waals surface area contributed by atoms with Crippen molar-refractivity contribution in [1.82, 2.24) is 25.5 Å². The Hall–Kier alpha value is -1.67. The maximum Gasteiger partial charge on any atom is 0.209 e. The molecule has 0 saturated carbocycles. The van der Waals surface area contributed by atoms with Crippen molar-refractivity contribution in [3.8, 4) is 5.75 Å². The fraction of sp³-hybridized carbons (Fsp3) is 0.417. The average molecular weight is 297 g/mol. The maximum absolute atomic E-state index is 13.6. The lowest BCUT2D eigenvalue weighted by Crippen LogP contribution is -2.16. The molecule has 0 bridgehead atoms. The van der Waals surface area contributed by atoms with Gasteiger partial charge in [-0.15, -0.1) is 5.10 Å². The minimum atomic E-state index is -0.361. The normalized spacial score (nSPS) is 10.8. The van der Waals surface area contributed by atoms with Gasteiger partial charge in [0.2, 0.25) is 5.16 Å². The van der Waals surface area contributed by atoms with E-state index in [4.69, 9.17) is 4.74 Å². The summed E-state index contributed by atoms with van der Waals surface area (Å²) in [6.07, 6.45) is 0. The van der Waals surface area contributed by atoms with Crippen molar-refractivity contribution in [2.45, 2.75) is 17.5 Å². The fourth-order valence-corrected chi connectivity index (χ4v) is 2.45. The van der Waals surface area contributed by atoms with Crippen LogP contribution in [0.4, 0.5) is 4.39 Å². The molecule has 0 amide bonds. The highest BCUT2D eigenvalue weighted by Crippen LogP contribution is 2.23. The van der Waals surface area contributed by atoms with E-state index in [1.165, 1.54) is 24.9 Å². The van der Waals surface area contributed by atoms with Crippen LogP contribution in [-0.2, 0) is 12.3 Å². The van der Waals surface area contributed by atoms with Gasteiger partial charge in [-0.3, -0.25) is 0 Å². The molecule has 2 aromatic rings. The Labute approximate surface area is 120 Å². The van der Waals surface area contributed by atoms with Crippen molar-refractivity contribution >= 4 is 11.8 Å². The van der Waals surface area contributed by atoms with Crippen molar-refractivity contribution in [1.29, 1.82) is 0 Å². The summed E-state index contributed by atoms with van der Waals surface area (Å²) in [5, 5.41) is 15.3. The van der Waals surface area contributed by atoms with Crippen LogP contribution in [0.5, 0.6) is 5.75 Å². The average Bonchev–Trinajstić information content (AvgIpc) is 2.90. The number of hydrogen-bond acceptors (Lipinski definition) is 6. The number of tetrazole rings is 1. The number of hydrogen-bond donors (Lipinski definition) is 1. The van der Waals surface area contributed by atoms with Gasteiger partial charge >= 0.3 is 0 Å². The van der Waals surface area contributed by atoms with Crippen LogP contribution in [0.15, 0.2) is 23.4 Å². The van der Waals surface area contributed by atoms with Gasteiger partial charge in [-0.1, -0.05) is 17.8 Å². The number of rotatable bonds is 7. The molecule has 1 aromatic heterocycles. The van der Waals surface area contributed by atoms with E-state index >= 15 is 0 Å². The Morgan fingerprint density at radius 1 is 1.45 bits per heavy atom.